The first-order valence-corrected chi connectivity index (χ1v) is 12.6. The largest absolute Gasteiger partial charge is 0.369 e. The fraction of sp³-hybridized carbons (Fsp3) is 0.667. The van der Waals surface area contributed by atoms with E-state index in [1.54, 1.807) is 0 Å². The summed E-state index contributed by atoms with van der Waals surface area (Å²) in [6.45, 7) is 6.83. The maximum absolute atomic E-state index is 12.8. The second kappa shape index (κ2) is 10.5. The Kier molecular flexibility index (Phi) is 7.18. The molecule has 1 aromatic rings. The molecule has 4 heterocycles. The number of piperazine rings is 1. The van der Waals surface area contributed by atoms with Crippen molar-refractivity contribution in [3.63, 3.8) is 0 Å². The SMILES string of the molecule is CN1CCN(c2ccc(NC3NC(N4CCC(CC#N)CC4)NC4CNNC(=O)C43)cc2)CC1. The minimum Gasteiger partial charge on any atom is -0.369 e. The first kappa shape index (κ1) is 23.3. The zero-order valence-electron chi connectivity index (χ0n) is 20.0. The van der Waals surface area contributed by atoms with E-state index in [-0.39, 0.29) is 30.3 Å². The van der Waals surface area contributed by atoms with Crippen LogP contribution in [0.15, 0.2) is 24.3 Å². The molecule has 10 heteroatoms. The second-order valence-corrected chi connectivity index (χ2v) is 10.0. The molecule has 4 aliphatic rings. The summed E-state index contributed by atoms with van der Waals surface area (Å²) in [5.74, 6) is 0.257. The molecule has 4 atom stereocenters. The molecular weight excluding hydrogens is 430 g/mol. The van der Waals surface area contributed by atoms with Gasteiger partial charge >= 0.3 is 0 Å². The van der Waals surface area contributed by atoms with Crippen molar-refractivity contribution in [1.82, 2.24) is 31.3 Å². The fourth-order valence-corrected chi connectivity index (χ4v) is 5.61. The number of likely N-dealkylation sites (tertiary alicyclic amines) is 1. The van der Waals surface area contributed by atoms with E-state index in [1.807, 2.05) is 0 Å². The topological polar surface area (TPSA) is 111 Å². The van der Waals surface area contributed by atoms with E-state index in [0.717, 1.165) is 57.8 Å². The molecule has 4 saturated heterocycles. The van der Waals surface area contributed by atoms with E-state index in [4.69, 9.17) is 5.26 Å². The first-order valence-electron chi connectivity index (χ1n) is 12.6. The van der Waals surface area contributed by atoms with Crippen LogP contribution in [0.25, 0.3) is 0 Å². The summed E-state index contributed by atoms with van der Waals surface area (Å²) in [6, 6.07) is 10.9. The van der Waals surface area contributed by atoms with E-state index >= 15 is 0 Å². The highest BCUT2D eigenvalue weighted by molar-refractivity contribution is 5.81. The van der Waals surface area contributed by atoms with Crippen molar-refractivity contribution >= 4 is 17.3 Å². The van der Waals surface area contributed by atoms with E-state index in [1.165, 1.54) is 5.69 Å². The van der Waals surface area contributed by atoms with Crippen LogP contribution in [0.4, 0.5) is 11.4 Å². The lowest BCUT2D eigenvalue weighted by Gasteiger charge is -2.49. The number of nitrogens with zero attached hydrogens (tertiary/aromatic N) is 4. The number of carbonyl (C=O) groups excluding carboxylic acids is 1. The van der Waals surface area contributed by atoms with Crippen LogP contribution in [0.3, 0.4) is 0 Å². The highest BCUT2D eigenvalue weighted by atomic mass is 16.2. The van der Waals surface area contributed by atoms with Gasteiger partial charge in [0.25, 0.3) is 0 Å². The van der Waals surface area contributed by atoms with Crippen LogP contribution in [0, 0.1) is 23.2 Å². The lowest BCUT2D eigenvalue weighted by atomic mass is 9.90. The molecule has 0 bridgehead atoms. The van der Waals surface area contributed by atoms with Crippen LogP contribution >= 0.6 is 0 Å². The Bertz CT molecular complexity index is 871. The molecule has 0 saturated carbocycles. The smallest absolute Gasteiger partial charge is 0.242 e. The molecule has 0 aromatic heterocycles. The van der Waals surface area contributed by atoms with Crippen molar-refractivity contribution < 1.29 is 4.79 Å². The number of benzene rings is 1. The molecule has 0 aliphatic carbocycles. The third kappa shape index (κ3) is 5.14. The summed E-state index contributed by atoms with van der Waals surface area (Å²) in [4.78, 5) is 20.0. The predicted molar refractivity (Wildman–Crippen MR) is 132 cm³/mol. The summed E-state index contributed by atoms with van der Waals surface area (Å²) in [6.07, 6.45) is 2.50. The molecule has 4 aliphatic heterocycles. The van der Waals surface area contributed by atoms with Gasteiger partial charge in [0.15, 0.2) is 0 Å². The summed E-state index contributed by atoms with van der Waals surface area (Å²) in [5.41, 5.74) is 8.09. The van der Waals surface area contributed by atoms with Crippen LogP contribution in [0.2, 0.25) is 0 Å². The Morgan fingerprint density at radius 1 is 1.06 bits per heavy atom. The molecule has 1 aromatic carbocycles. The molecule has 4 unspecified atom stereocenters. The molecule has 184 valence electrons. The van der Waals surface area contributed by atoms with E-state index < -0.39 is 0 Å². The van der Waals surface area contributed by atoms with Gasteiger partial charge in [-0.15, -0.1) is 0 Å². The standard InChI is InChI=1S/C24H37N9O/c1-31-12-14-32(15-13-31)19-4-2-18(3-5-19)27-22-21-20(16-26-30-23(21)34)28-24(29-22)33-10-7-17(6-9-25)8-11-33/h2-5,17,20-22,24,26-29H,6-8,10-16H2,1H3,(H,30,34). The lowest BCUT2D eigenvalue weighted by Crippen LogP contribution is -2.77. The number of nitriles is 1. The summed E-state index contributed by atoms with van der Waals surface area (Å²) in [7, 11) is 2.17. The number of amides is 1. The van der Waals surface area contributed by atoms with Crippen molar-refractivity contribution in [3.8, 4) is 6.07 Å². The number of anilines is 2. The van der Waals surface area contributed by atoms with Gasteiger partial charge in [0, 0.05) is 69.7 Å². The van der Waals surface area contributed by atoms with Gasteiger partial charge in [-0.1, -0.05) is 0 Å². The normalized spacial score (nSPS) is 31.4. The number of piperidine rings is 1. The summed E-state index contributed by atoms with van der Waals surface area (Å²) >= 11 is 0. The van der Waals surface area contributed by atoms with E-state index in [2.05, 4.69) is 78.9 Å². The number of likely N-dealkylation sites (N-methyl/N-ethyl adjacent to an activating group) is 1. The number of rotatable bonds is 5. The van der Waals surface area contributed by atoms with Gasteiger partial charge in [-0.25, -0.2) is 5.43 Å². The van der Waals surface area contributed by atoms with Crippen LogP contribution in [0.5, 0.6) is 0 Å². The fourth-order valence-electron chi connectivity index (χ4n) is 5.61. The third-order valence-electron chi connectivity index (χ3n) is 7.79. The average molecular weight is 468 g/mol. The van der Waals surface area contributed by atoms with Gasteiger partial charge in [-0.3, -0.25) is 25.8 Å². The van der Waals surface area contributed by atoms with Crippen LogP contribution in [-0.4, -0.2) is 87.1 Å². The highest BCUT2D eigenvalue weighted by Gasteiger charge is 2.45. The van der Waals surface area contributed by atoms with Crippen LogP contribution < -0.4 is 31.7 Å². The number of carbonyl (C=O) groups is 1. The number of nitrogens with one attached hydrogen (secondary N) is 5. The van der Waals surface area contributed by atoms with Gasteiger partial charge < -0.3 is 15.1 Å². The molecule has 5 rings (SSSR count). The van der Waals surface area contributed by atoms with Crippen LogP contribution in [-0.2, 0) is 4.79 Å². The van der Waals surface area contributed by atoms with Gasteiger partial charge in [0.2, 0.25) is 5.91 Å². The van der Waals surface area contributed by atoms with Crippen molar-refractivity contribution in [2.75, 3.05) is 63.1 Å². The molecule has 0 spiro atoms. The number of fused-ring (bicyclic) bond motifs is 1. The minimum atomic E-state index is -0.231. The Morgan fingerprint density at radius 3 is 2.50 bits per heavy atom. The molecule has 0 radical (unpaired) electrons. The zero-order valence-corrected chi connectivity index (χ0v) is 20.0. The van der Waals surface area contributed by atoms with E-state index in [9.17, 15) is 4.79 Å². The van der Waals surface area contributed by atoms with Gasteiger partial charge in [0.1, 0.15) is 6.29 Å². The number of hydrazine groups is 1. The zero-order chi connectivity index (χ0) is 23.5. The monoisotopic (exact) mass is 467 g/mol. The summed E-state index contributed by atoms with van der Waals surface area (Å²) in [5, 5.41) is 19.9. The molecular formula is C24H37N9O. The molecule has 1 amide bonds. The van der Waals surface area contributed by atoms with Gasteiger partial charge in [-0.2, -0.15) is 5.26 Å². The molecule has 4 fully saturated rings. The Morgan fingerprint density at radius 2 is 1.79 bits per heavy atom. The van der Waals surface area contributed by atoms with Crippen molar-refractivity contribution in [3.05, 3.63) is 24.3 Å². The maximum Gasteiger partial charge on any atom is 0.242 e. The van der Waals surface area contributed by atoms with Crippen molar-refractivity contribution in [1.29, 1.82) is 5.26 Å². The highest BCUT2D eigenvalue weighted by Crippen LogP contribution is 2.26. The van der Waals surface area contributed by atoms with Crippen molar-refractivity contribution in [2.45, 2.75) is 37.8 Å². The molecule has 10 nitrogen and oxygen atoms in total. The van der Waals surface area contributed by atoms with Crippen molar-refractivity contribution in [2.24, 2.45) is 11.8 Å². The number of hydrogen-bond donors (Lipinski definition) is 5. The Balaban J connectivity index is 1.26. The number of hydrogen-bond acceptors (Lipinski definition) is 9. The van der Waals surface area contributed by atoms with Gasteiger partial charge in [-0.05, 0) is 50.1 Å². The first-order chi connectivity index (χ1) is 16.6. The lowest BCUT2D eigenvalue weighted by molar-refractivity contribution is -0.132. The average Bonchev–Trinajstić information content (AvgIpc) is 2.86. The predicted octanol–water partition coefficient (Wildman–Crippen LogP) is -0.102. The Hall–Kier alpha value is -2.42. The third-order valence-corrected chi connectivity index (χ3v) is 7.79. The van der Waals surface area contributed by atoms with Gasteiger partial charge in [0.05, 0.1) is 18.2 Å². The maximum atomic E-state index is 12.8. The minimum absolute atomic E-state index is 0.00557. The Labute approximate surface area is 202 Å². The second-order valence-electron chi connectivity index (χ2n) is 10.0. The van der Waals surface area contributed by atoms with E-state index in [0.29, 0.717) is 18.9 Å². The quantitative estimate of drug-likeness (QED) is 0.405. The van der Waals surface area contributed by atoms with Crippen LogP contribution in [0.1, 0.15) is 19.3 Å². The summed E-state index contributed by atoms with van der Waals surface area (Å²) < 4.78 is 0. The molecule has 5 N–H and O–H groups in total. The molecule has 34 heavy (non-hydrogen) atoms.